The maximum atomic E-state index is 12.6. The third-order valence-corrected chi connectivity index (χ3v) is 5.40. The molecule has 0 fully saturated rings. The van der Waals surface area contributed by atoms with E-state index in [4.69, 9.17) is 5.73 Å². The monoisotopic (exact) mass is 304 g/mol. The van der Waals surface area contributed by atoms with E-state index in [2.05, 4.69) is 6.92 Å². The summed E-state index contributed by atoms with van der Waals surface area (Å²) in [6.45, 7) is 3.91. The molecular formula is C16H20N2O2S. The van der Waals surface area contributed by atoms with Crippen LogP contribution in [0.3, 0.4) is 0 Å². The summed E-state index contributed by atoms with van der Waals surface area (Å²) in [5.41, 5.74) is 8.95. The molecule has 0 saturated carbocycles. The highest BCUT2D eigenvalue weighted by Gasteiger charge is 2.21. The smallest absolute Gasteiger partial charge is 0.264 e. The summed E-state index contributed by atoms with van der Waals surface area (Å²) in [7, 11) is -2.05. The van der Waals surface area contributed by atoms with Crippen molar-refractivity contribution in [2.75, 3.05) is 17.1 Å². The van der Waals surface area contributed by atoms with Gasteiger partial charge in [0.1, 0.15) is 0 Å². The van der Waals surface area contributed by atoms with E-state index in [1.54, 1.807) is 19.2 Å². The number of anilines is 2. The van der Waals surface area contributed by atoms with Crippen molar-refractivity contribution in [2.24, 2.45) is 0 Å². The van der Waals surface area contributed by atoms with Gasteiger partial charge in [-0.15, -0.1) is 0 Å². The molecule has 2 aromatic rings. The molecule has 2 N–H and O–H groups in total. The summed E-state index contributed by atoms with van der Waals surface area (Å²) in [4.78, 5) is 0.202. The second kappa shape index (κ2) is 5.77. The zero-order valence-corrected chi connectivity index (χ0v) is 13.3. The predicted molar refractivity (Wildman–Crippen MR) is 87.0 cm³/mol. The Balaban J connectivity index is 2.39. The first-order valence-corrected chi connectivity index (χ1v) is 8.24. The van der Waals surface area contributed by atoms with Gasteiger partial charge in [-0.1, -0.05) is 25.1 Å². The van der Waals surface area contributed by atoms with E-state index in [0.29, 0.717) is 11.4 Å². The predicted octanol–water partition coefficient (Wildman–Crippen LogP) is 2.96. The van der Waals surface area contributed by atoms with Gasteiger partial charge in [0.05, 0.1) is 10.6 Å². The lowest BCUT2D eigenvalue weighted by atomic mass is 10.1. The van der Waals surface area contributed by atoms with Crippen LogP contribution in [0, 0.1) is 6.92 Å². The summed E-state index contributed by atoms with van der Waals surface area (Å²) in [6.07, 6.45) is 0.922. The number of nitrogens with two attached hydrogens (primary N) is 1. The van der Waals surface area contributed by atoms with Gasteiger partial charge in [-0.25, -0.2) is 8.42 Å². The van der Waals surface area contributed by atoms with Crippen LogP contribution >= 0.6 is 0 Å². The largest absolute Gasteiger partial charge is 0.398 e. The van der Waals surface area contributed by atoms with Crippen molar-refractivity contribution in [3.05, 3.63) is 53.6 Å². The van der Waals surface area contributed by atoms with Crippen molar-refractivity contribution in [3.63, 3.8) is 0 Å². The summed E-state index contributed by atoms with van der Waals surface area (Å²) in [5, 5.41) is 0. The molecular weight excluding hydrogens is 284 g/mol. The Morgan fingerprint density at radius 2 is 1.71 bits per heavy atom. The normalized spacial score (nSPS) is 11.4. The van der Waals surface area contributed by atoms with Crippen LogP contribution in [-0.4, -0.2) is 15.5 Å². The Morgan fingerprint density at radius 1 is 1.10 bits per heavy atom. The van der Waals surface area contributed by atoms with E-state index in [1.807, 2.05) is 31.2 Å². The van der Waals surface area contributed by atoms with Crippen molar-refractivity contribution in [1.29, 1.82) is 0 Å². The Hall–Kier alpha value is -2.01. The van der Waals surface area contributed by atoms with E-state index in [-0.39, 0.29) is 4.90 Å². The van der Waals surface area contributed by atoms with Crippen molar-refractivity contribution in [2.45, 2.75) is 25.2 Å². The van der Waals surface area contributed by atoms with Gasteiger partial charge in [-0.3, -0.25) is 4.31 Å². The molecule has 0 heterocycles. The van der Waals surface area contributed by atoms with Crippen LogP contribution in [0.4, 0.5) is 11.4 Å². The molecule has 0 aliphatic carbocycles. The van der Waals surface area contributed by atoms with Crippen molar-refractivity contribution < 1.29 is 8.42 Å². The van der Waals surface area contributed by atoms with Crippen LogP contribution in [0.25, 0.3) is 0 Å². The van der Waals surface area contributed by atoms with E-state index < -0.39 is 10.0 Å². The summed E-state index contributed by atoms with van der Waals surface area (Å²) >= 11 is 0. The van der Waals surface area contributed by atoms with Gasteiger partial charge in [-0.05, 0) is 48.7 Å². The van der Waals surface area contributed by atoms with Crippen molar-refractivity contribution in [3.8, 4) is 0 Å². The maximum Gasteiger partial charge on any atom is 0.264 e. The number of rotatable bonds is 4. The quantitative estimate of drug-likeness (QED) is 0.883. The first kappa shape index (κ1) is 15.4. The zero-order chi connectivity index (χ0) is 15.6. The molecule has 0 amide bonds. The third-order valence-electron chi connectivity index (χ3n) is 3.62. The van der Waals surface area contributed by atoms with Gasteiger partial charge in [0.15, 0.2) is 0 Å². The molecule has 2 rings (SSSR count). The molecule has 0 aliphatic rings. The molecule has 4 nitrogen and oxygen atoms in total. The van der Waals surface area contributed by atoms with Crippen LogP contribution in [0.2, 0.25) is 0 Å². The lowest BCUT2D eigenvalue weighted by Gasteiger charge is -2.20. The van der Waals surface area contributed by atoms with Crippen molar-refractivity contribution >= 4 is 21.4 Å². The molecule has 5 heteroatoms. The summed E-state index contributed by atoms with van der Waals surface area (Å²) < 4.78 is 26.5. The summed E-state index contributed by atoms with van der Waals surface area (Å²) in [6, 6.07) is 12.3. The van der Waals surface area contributed by atoms with E-state index >= 15 is 0 Å². The van der Waals surface area contributed by atoms with Crippen LogP contribution in [-0.2, 0) is 16.4 Å². The molecule has 0 atom stereocenters. The van der Waals surface area contributed by atoms with Gasteiger partial charge in [0, 0.05) is 12.7 Å². The Kier molecular flexibility index (Phi) is 4.23. The maximum absolute atomic E-state index is 12.6. The van der Waals surface area contributed by atoms with Gasteiger partial charge >= 0.3 is 0 Å². The number of sulfonamides is 1. The standard InChI is InChI=1S/C16H20N2O2S/c1-4-13-6-8-14(9-7-13)18(3)21(19,20)15-10-5-12(2)16(17)11-15/h5-11H,4,17H2,1-3H3. The highest BCUT2D eigenvalue weighted by atomic mass is 32.2. The van der Waals surface area contributed by atoms with Gasteiger partial charge in [0.25, 0.3) is 10.0 Å². The van der Waals surface area contributed by atoms with Crippen LogP contribution in [0.5, 0.6) is 0 Å². The fraction of sp³-hybridized carbons (Fsp3) is 0.250. The minimum absolute atomic E-state index is 0.202. The number of nitrogens with zero attached hydrogens (tertiary/aromatic N) is 1. The third kappa shape index (κ3) is 3.03. The molecule has 112 valence electrons. The van der Waals surface area contributed by atoms with Crippen LogP contribution < -0.4 is 10.0 Å². The Bertz CT molecular complexity index is 737. The van der Waals surface area contributed by atoms with Crippen molar-refractivity contribution in [1.82, 2.24) is 0 Å². The van der Waals surface area contributed by atoms with E-state index in [1.165, 1.54) is 15.9 Å². The number of benzene rings is 2. The number of nitrogen functional groups attached to an aromatic ring is 1. The minimum atomic E-state index is -3.60. The molecule has 0 bridgehead atoms. The van der Waals surface area contributed by atoms with Gasteiger partial charge < -0.3 is 5.73 Å². The number of hydrogen-bond acceptors (Lipinski definition) is 3. The lowest BCUT2D eigenvalue weighted by Crippen LogP contribution is -2.26. The molecule has 21 heavy (non-hydrogen) atoms. The number of aryl methyl sites for hydroxylation is 2. The Labute approximate surface area is 126 Å². The lowest BCUT2D eigenvalue weighted by molar-refractivity contribution is 0.594. The molecule has 0 radical (unpaired) electrons. The molecule has 2 aromatic carbocycles. The molecule has 0 aromatic heterocycles. The first-order chi connectivity index (χ1) is 9.86. The minimum Gasteiger partial charge on any atom is -0.398 e. The van der Waals surface area contributed by atoms with E-state index in [0.717, 1.165) is 12.0 Å². The second-order valence-corrected chi connectivity index (χ2v) is 6.98. The average molecular weight is 304 g/mol. The topological polar surface area (TPSA) is 63.4 Å². The fourth-order valence-corrected chi connectivity index (χ4v) is 3.25. The van der Waals surface area contributed by atoms with Crippen LogP contribution in [0.1, 0.15) is 18.1 Å². The second-order valence-electron chi connectivity index (χ2n) is 5.01. The molecule has 0 unspecified atom stereocenters. The van der Waals surface area contributed by atoms with Gasteiger partial charge in [0.2, 0.25) is 0 Å². The molecule has 0 aliphatic heterocycles. The Morgan fingerprint density at radius 3 is 2.24 bits per heavy atom. The fourth-order valence-electron chi connectivity index (χ4n) is 2.02. The SMILES string of the molecule is CCc1ccc(N(C)S(=O)(=O)c2ccc(C)c(N)c2)cc1. The highest BCUT2D eigenvalue weighted by Crippen LogP contribution is 2.24. The van der Waals surface area contributed by atoms with Gasteiger partial charge in [-0.2, -0.15) is 0 Å². The molecule has 0 saturated heterocycles. The highest BCUT2D eigenvalue weighted by molar-refractivity contribution is 7.92. The summed E-state index contributed by atoms with van der Waals surface area (Å²) in [5.74, 6) is 0. The molecule has 0 spiro atoms. The zero-order valence-electron chi connectivity index (χ0n) is 12.5. The number of hydrogen-bond donors (Lipinski definition) is 1. The van der Waals surface area contributed by atoms with Crippen LogP contribution in [0.15, 0.2) is 47.4 Å². The first-order valence-electron chi connectivity index (χ1n) is 6.80. The average Bonchev–Trinajstić information content (AvgIpc) is 2.49. The van der Waals surface area contributed by atoms with E-state index in [9.17, 15) is 8.42 Å².